The van der Waals surface area contributed by atoms with Crippen LogP contribution in [0.25, 0.3) is 33.4 Å². The highest BCUT2D eigenvalue weighted by atomic mass is 15.1. The molecule has 0 aliphatic rings. The number of hydrogen-bond acceptors (Lipinski definition) is 3. The summed E-state index contributed by atoms with van der Waals surface area (Å²) in [4.78, 5) is 9.03. The van der Waals surface area contributed by atoms with Crippen molar-refractivity contribution in [2.45, 2.75) is 6.92 Å². The summed E-state index contributed by atoms with van der Waals surface area (Å²) in [6.07, 6.45) is 5.42. The van der Waals surface area contributed by atoms with E-state index in [1.807, 2.05) is 18.5 Å². The van der Waals surface area contributed by atoms with E-state index in [0.717, 1.165) is 33.4 Å². The van der Waals surface area contributed by atoms with Gasteiger partial charge in [0.05, 0.1) is 17.4 Å². The molecule has 0 aliphatic carbocycles. The zero-order valence-corrected chi connectivity index (χ0v) is 12.1. The van der Waals surface area contributed by atoms with Crippen LogP contribution >= 0.6 is 0 Å². The number of hydrogen-bond donors (Lipinski definition) is 1. The molecule has 106 valence electrons. The van der Waals surface area contributed by atoms with Crippen LogP contribution in [0, 0.1) is 6.92 Å². The first-order valence-corrected chi connectivity index (χ1v) is 7.13. The summed E-state index contributed by atoms with van der Waals surface area (Å²) in [5.74, 6) is 0. The topological polar surface area (TPSA) is 54.5 Å². The minimum Gasteiger partial charge on any atom is -0.276 e. The van der Waals surface area contributed by atoms with E-state index in [1.165, 1.54) is 5.56 Å². The van der Waals surface area contributed by atoms with Crippen molar-refractivity contribution in [3.05, 3.63) is 66.6 Å². The molecular weight excluding hydrogens is 272 g/mol. The van der Waals surface area contributed by atoms with Crippen LogP contribution in [0.3, 0.4) is 0 Å². The molecule has 0 unspecified atom stereocenters. The molecule has 0 aliphatic heterocycles. The minimum absolute atomic E-state index is 0.866. The Morgan fingerprint density at radius 1 is 0.909 bits per heavy atom. The van der Waals surface area contributed by atoms with Crippen molar-refractivity contribution < 1.29 is 0 Å². The molecule has 3 heterocycles. The van der Waals surface area contributed by atoms with Gasteiger partial charge in [-0.15, -0.1) is 0 Å². The van der Waals surface area contributed by atoms with Crippen molar-refractivity contribution in [2.75, 3.05) is 0 Å². The first kappa shape index (κ1) is 12.7. The molecule has 0 radical (unpaired) electrons. The Balaban J connectivity index is 1.92. The van der Waals surface area contributed by atoms with E-state index in [1.54, 1.807) is 6.20 Å². The SMILES string of the molecule is Cc1cccc(-c2ncccc2-c2cnc3cn[nH]c3c2)c1. The number of aromatic nitrogens is 4. The Hall–Kier alpha value is -3.01. The zero-order valence-electron chi connectivity index (χ0n) is 12.1. The highest BCUT2D eigenvalue weighted by Crippen LogP contribution is 2.31. The lowest BCUT2D eigenvalue weighted by atomic mass is 9.99. The van der Waals surface area contributed by atoms with Crippen molar-refractivity contribution in [1.29, 1.82) is 0 Å². The zero-order chi connectivity index (χ0) is 14.9. The average Bonchev–Trinajstić information content (AvgIpc) is 3.02. The van der Waals surface area contributed by atoms with Gasteiger partial charge in [0.2, 0.25) is 0 Å². The molecule has 0 atom stereocenters. The Bertz CT molecular complexity index is 956. The summed E-state index contributed by atoms with van der Waals surface area (Å²) >= 11 is 0. The maximum atomic E-state index is 4.58. The van der Waals surface area contributed by atoms with E-state index in [-0.39, 0.29) is 0 Å². The predicted octanol–water partition coefficient (Wildman–Crippen LogP) is 4.00. The molecule has 0 saturated heterocycles. The number of pyridine rings is 2. The Labute approximate surface area is 127 Å². The normalized spacial score (nSPS) is 11.0. The maximum Gasteiger partial charge on any atom is 0.108 e. The summed E-state index contributed by atoms with van der Waals surface area (Å²) in [6, 6.07) is 14.5. The number of aryl methyl sites for hydroxylation is 1. The summed E-state index contributed by atoms with van der Waals surface area (Å²) < 4.78 is 0. The number of fused-ring (bicyclic) bond motifs is 1. The van der Waals surface area contributed by atoms with E-state index >= 15 is 0 Å². The van der Waals surface area contributed by atoms with Crippen molar-refractivity contribution in [3.63, 3.8) is 0 Å². The molecular formula is C18H14N4. The van der Waals surface area contributed by atoms with E-state index < -0.39 is 0 Å². The smallest absolute Gasteiger partial charge is 0.108 e. The van der Waals surface area contributed by atoms with Crippen LogP contribution in [0.4, 0.5) is 0 Å². The number of nitrogens with one attached hydrogen (secondary N) is 1. The Morgan fingerprint density at radius 3 is 2.77 bits per heavy atom. The van der Waals surface area contributed by atoms with Gasteiger partial charge >= 0.3 is 0 Å². The number of benzene rings is 1. The first-order valence-electron chi connectivity index (χ1n) is 7.13. The predicted molar refractivity (Wildman–Crippen MR) is 87.3 cm³/mol. The van der Waals surface area contributed by atoms with Gasteiger partial charge in [-0.1, -0.05) is 29.8 Å². The fourth-order valence-electron chi connectivity index (χ4n) is 2.64. The van der Waals surface area contributed by atoms with Gasteiger partial charge in [-0.05, 0) is 25.1 Å². The van der Waals surface area contributed by atoms with Crippen LogP contribution in [-0.4, -0.2) is 20.2 Å². The van der Waals surface area contributed by atoms with Crippen molar-refractivity contribution in [3.8, 4) is 22.4 Å². The molecule has 3 aromatic heterocycles. The molecule has 1 N–H and O–H groups in total. The third-order valence-corrected chi connectivity index (χ3v) is 3.70. The minimum atomic E-state index is 0.866. The van der Waals surface area contributed by atoms with E-state index in [0.29, 0.717) is 0 Å². The summed E-state index contributed by atoms with van der Waals surface area (Å²) in [5, 5.41) is 6.99. The number of nitrogens with zero attached hydrogens (tertiary/aromatic N) is 3. The van der Waals surface area contributed by atoms with E-state index in [2.05, 4.69) is 63.5 Å². The molecule has 4 nitrogen and oxygen atoms in total. The maximum absolute atomic E-state index is 4.58. The molecule has 0 spiro atoms. The molecule has 0 bridgehead atoms. The molecule has 4 rings (SSSR count). The Morgan fingerprint density at radius 2 is 1.86 bits per heavy atom. The molecule has 4 heteroatoms. The lowest BCUT2D eigenvalue weighted by Gasteiger charge is -2.09. The molecule has 22 heavy (non-hydrogen) atoms. The molecule has 0 fully saturated rings. The van der Waals surface area contributed by atoms with Crippen molar-refractivity contribution in [2.24, 2.45) is 0 Å². The first-order chi connectivity index (χ1) is 10.8. The van der Waals surface area contributed by atoms with Gasteiger partial charge in [-0.3, -0.25) is 15.1 Å². The van der Waals surface area contributed by atoms with Gasteiger partial charge in [0.1, 0.15) is 5.52 Å². The monoisotopic (exact) mass is 286 g/mol. The largest absolute Gasteiger partial charge is 0.276 e. The van der Waals surface area contributed by atoms with Gasteiger partial charge in [0, 0.05) is 29.1 Å². The second kappa shape index (κ2) is 5.07. The summed E-state index contributed by atoms with van der Waals surface area (Å²) in [5.41, 5.74) is 7.18. The second-order valence-electron chi connectivity index (χ2n) is 5.30. The quantitative estimate of drug-likeness (QED) is 0.606. The van der Waals surface area contributed by atoms with Crippen LogP contribution in [0.1, 0.15) is 5.56 Å². The van der Waals surface area contributed by atoms with Crippen LogP contribution < -0.4 is 0 Å². The van der Waals surface area contributed by atoms with Crippen LogP contribution in [0.15, 0.2) is 61.1 Å². The number of rotatable bonds is 2. The molecule has 4 aromatic rings. The summed E-state index contributed by atoms with van der Waals surface area (Å²) in [7, 11) is 0. The molecule has 1 aromatic carbocycles. The van der Waals surface area contributed by atoms with Crippen LogP contribution in [-0.2, 0) is 0 Å². The average molecular weight is 286 g/mol. The van der Waals surface area contributed by atoms with Gasteiger partial charge in [-0.25, -0.2) is 0 Å². The van der Waals surface area contributed by atoms with Crippen LogP contribution in [0.2, 0.25) is 0 Å². The number of H-pyrrole nitrogens is 1. The van der Waals surface area contributed by atoms with Gasteiger partial charge in [0.15, 0.2) is 0 Å². The second-order valence-corrected chi connectivity index (χ2v) is 5.30. The molecule has 0 saturated carbocycles. The highest BCUT2D eigenvalue weighted by Gasteiger charge is 2.10. The lowest BCUT2D eigenvalue weighted by Crippen LogP contribution is -1.90. The van der Waals surface area contributed by atoms with E-state index in [9.17, 15) is 0 Å². The highest BCUT2D eigenvalue weighted by molar-refractivity contribution is 5.85. The van der Waals surface area contributed by atoms with Gasteiger partial charge < -0.3 is 0 Å². The molecule has 0 amide bonds. The van der Waals surface area contributed by atoms with Crippen molar-refractivity contribution in [1.82, 2.24) is 20.2 Å². The van der Waals surface area contributed by atoms with Crippen molar-refractivity contribution >= 4 is 11.0 Å². The Kier molecular flexibility index (Phi) is 2.93. The lowest BCUT2D eigenvalue weighted by molar-refractivity contribution is 1.12. The van der Waals surface area contributed by atoms with Crippen LogP contribution in [0.5, 0.6) is 0 Å². The van der Waals surface area contributed by atoms with Gasteiger partial charge in [-0.2, -0.15) is 5.10 Å². The number of aromatic amines is 1. The van der Waals surface area contributed by atoms with E-state index in [4.69, 9.17) is 0 Å². The summed E-state index contributed by atoms with van der Waals surface area (Å²) in [6.45, 7) is 2.09. The fourth-order valence-corrected chi connectivity index (χ4v) is 2.64. The third-order valence-electron chi connectivity index (χ3n) is 3.70. The standard InChI is InChI=1S/C18H14N4/c1-12-4-2-5-13(8-12)18-15(6-3-7-19-18)14-9-16-17(20-10-14)11-21-22-16/h2-11H,1H3,(H,21,22). The fraction of sp³-hybridized carbons (Fsp3) is 0.0556. The third kappa shape index (κ3) is 2.15. The van der Waals surface area contributed by atoms with Gasteiger partial charge in [0.25, 0.3) is 0 Å².